The van der Waals surface area contributed by atoms with Crippen molar-refractivity contribution in [3.05, 3.63) is 22.7 Å². The van der Waals surface area contributed by atoms with Crippen molar-refractivity contribution in [1.82, 2.24) is 14.5 Å². The van der Waals surface area contributed by atoms with Crippen LogP contribution in [0, 0.1) is 11.7 Å². The van der Waals surface area contributed by atoms with Crippen LogP contribution in [-0.4, -0.2) is 54.8 Å². The van der Waals surface area contributed by atoms with Crippen LogP contribution < -0.4 is 0 Å². The second-order valence-corrected chi connectivity index (χ2v) is 5.28. The largest absolute Gasteiger partial charge is 0.394 e. The summed E-state index contributed by atoms with van der Waals surface area (Å²) in [5.74, 6) is 0. The molecule has 1 aliphatic heterocycles. The van der Waals surface area contributed by atoms with Crippen molar-refractivity contribution in [3.63, 3.8) is 0 Å². The molecule has 4 N–H and O–H groups in total. The minimum absolute atomic E-state index is 0.231. The first-order chi connectivity index (χ1) is 9.51. The van der Waals surface area contributed by atoms with E-state index in [1.54, 1.807) is 6.20 Å². The van der Waals surface area contributed by atoms with E-state index >= 15 is 0 Å². The third kappa shape index (κ3) is 2.05. The van der Waals surface area contributed by atoms with E-state index in [9.17, 15) is 10.2 Å². The standard InChI is InChI=1S/C12H15N3O4S/c1-5-2-6-3-15(12(20)14-10(6)13-5)11-9(18)8(17)7(4-16)19-11/h2-3,7-9,11,16-18H,4H2,1H3,(H,13,14,20)/t7-,8?,9?,11-/m1/s1. The molecule has 1 saturated heterocycles. The van der Waals surface area contributed by atoms with E-state index in [0.717, 1.165) is 11.1 Å². The second kappa shape index (κ2) is 4.90. The van der Waals surface area contributed by atoms with Gasteiger partial charge in [0, 0.05) is 17.3 Å². The first-order valence-corrected chi connectivity index (χ1v) is 6.63. The summed E-state index contributed by atoms with van der Waals surface area (Å²) in [6, 6.07) is 1.90. The Kier molecular flexibility index (Phi) is 3.35. The minimum atomic E-state index is -1.17. The fourth-order valence-electron chi connectivity index (χ4n) is 2.44. The minimum Gasteiger partial charge on any atom is -0.394 e. The number of fused-ring (bicyclic) bond motifs is 1. The highest BCUT2D eigenvalue weighted by Crippen LogP contribution is 2.30. The molecule has 3 heterocycles. The van der Waals surface area contributed by atoms with Crippen molar-refractivity contribution in [2.75, 3.05) is 6.61 Å². The lowest BCUT2D eigenvalue weighted by Crippen LogP contribution is -2.33. The van der Waals surface area contributed by atoms with Crippen molar-refractivity contribution in [2.24, 2.45) is 0 Å². The van der Waals surface area contributed by atoms with Crippen molar-refractivity contribution in [2.45, 2.75) is 31.5 Å². The smallest absolute Gasteiger partial charge is 0.203 e. The fraction of sp³-hybridized carbons (Fsp3) is 0.500. The van der Waals surface area contributed by atoms with Crippen LogP contribution in [0.5, 0.6) is 0 Å². The zero-order chi connectivity index (χ0) is 14.4. The summed E-state index contributed by atoms with van der Waals surface area (Å²) in [7, 11) is 0. The number of aliphatic hydroxyl groups excluding tert-OH is 3. The molecule has 1 aliphatic rings. The van der Waals surface area contributed by atoms with Crippen LogP contribution in [0.1, 0.15) is 11.9 Å². The molecule has 108 valence electrons. The number of rotatable bonds is 2. The van der Waals surface area contributed by atoms with Gasteiger partial charge in [-0.1, -0.05) is 0 Å². The lowest BCUT2D eigenvalue weighted by atomic mass is 10.1. The van der Waals surface area contributed by atoms with Gasteiger partial charge in [-0.05, 0) is 25.2 Å². The predicted octanol–water partition coefficient (Wildman–Crippen LogP) is 0.0138. The zero-order valence-electron chi connectivity index (χ0n) is 10.7. The summed E-state index contributed by atoms with van der Waals surface area (Å²) >= 11 is 5.19. The Morgan fingerprint density at radius 1 is 1.45 bits per heavy atom. The van der Waals surface area contributed by atoms with Crippen molar-refractivity contribution in [1.29, 1.82) is 0 Å². The van der Waals surface area contributed by atoms with E-state index in [2.05, 4.69) is 9.97 Å². The van der Waals surface area contributed by atoms with Crippen LogP contribution in [0.15, 0.2) is 12.3 Å². The number of aryl methyl sites for hydroxylation is 1. The van der Waals surface area contributed by atoms with E-state index in [-0.39, 0.29) is 11.4 Å². The number of nitrogens with zero attached hydrogens (tertiary/aromatic N) is 2. The molecule has 7 nitrogen and oxygen atoms in total. The summed E-state index contributed by atoms with van der Waals surface area (Å²) in [6.07, 6.45) is -2.30. The number of aliphatic hydroxyl groups is 3. The monoisotopic (exact) mass is 297 g/mol. The van der Waals surface area contributed by atoms with Gasteiger partial charge in [-0.25, -0.2) is 4.98 Å². The average Bonchev–Trinajstić information content (AvgIpc) is 2.89. The van der Waals surface area contributed by atoms with Crippen LogP contribution >= 0.6 is 12.2 Å². The van der Waals surface area contributed by atoms with Crippen LogP contribution in [0.2, 0.25) is 0 Å². The molecule has 0 amide bonds. The third-order valence-corrected chi connectivity index (χ3v) is 3.76. The van der Waals surface area contributed by atoms with Gasteiger partial charge in [-0.3, -0.25) is 4.57 Å². The maximum atomic E-state index is 10.0. The molecular weight excluding hydrogens is 282 g/mol. The van der Waals surface area contributed by atoms with Gasteiger partial charge in [-0.15, -0.1) is 0 Å². The lowest BCUT2D eigenvalue weighted by molar-refractivity contribution is -0.0538. The molecule has 0 spiro atoms. The molecule has 3 rings (SSSR count). The maximum Gasteiger partial charge on any atom is 0.203 e. The lowest BCUT2D eigenvalue weighted by Gasteiger charge is -2.18. The van der Waals surface area contributed by atoms with Crippen LogP contribution in [0.3, 0.4) is 0 Å². The maximum absolute atomic E-state index is 10.0. The van der Waals surface area contributed by atoms with Crippen LogP contribution in [0.25, 0.3) is 11.0 Å². The van der Waals surface area contributed by atoms with E-state index in [1.165, 1.54) is 4.57 Å². The Balaban J connectivity index is 2.06. The summed E-state index contributed by atoms with van der Waals surface area (Å²) in [6.45, 7) is 1.53. The molecule has 2 unspecified atom stereocenters. The number of aromatic amines is 1. The number of H-pyrrole nitrogens is 1. The normalized spacial score (nSPS) is 30.2. The molecule has 2 aromatic rings. The van der Waals surface area contributed by atoms with Crippen LogP contribution in [-0.2, 0) is 4.74 Å². The van der Waals surface area contributed by atoms with Gasteiger partial charge in [0.05, 0.1) is 6.61 Å². The summed E-state index contributed by atoms with van der Waals surface area (Å²) in [4.78, 5) is 7.31. The quantitative estimate of drug-likeness (QED) is 0.582. The number of hydrogen-bond acceptors (Lipinski definition) is 6. The number of ether oxygens (including phenoxy) is 1. The summed E-state index contributed by atoms with van der Waals surface area (Å²) < 4.78 is 7.18. The molecule has 2 aromatic heterocycles. The molecular formula is C12H15N3O4S. The SMILES string of the molecule is Cc1cc2cn([C@@H]3O[C@H](CO)C(O)C3O)c(=S)nc2[nH]1. The Morgan fingerprint density at radius 3 is 2.85 bits per heavy atom. The highest BCUT2D eigenvalue weighted by Gasteiger charge is 2.43. The van der Waals surface area contributed by atoms with Gasteiger partial charge in [0.1, 0.15) is 24.0 Å². The highest BCUT2D eigenvalue weighted by molar-refractivity contribution is 7.71. The van der Waals surface area contributed by atoms with Crippen LogP contribution in [0.4, 0.5) is 0 Å². The second-order valence-electron chi connectivity index (χ2n) is 4.92. The van der Waals surface area contributed by atoms with Gasteiger partial charge in [-0.2, -0.15) is 0 Å². The van der Waals surface area contributed by atoms with E-state index < -0.39 is 24.5 Å². The molecule has 1 fully saturated rings. The van der Waals surface area contributed by atoms with Gasteiger partial charge < -0.3 is 25.0 Å². The predicted molar refractivity (Wildman–Crippen MR) is 72.7 cm³/mol. The molecule has 4 atom stereocenters. The van der Waals surface area contributed by atoms with Gasteiger partial charge in [0.15, 0.2) is 6.23 Å². The van der Waals surface area contributed by atoms with Gasteiger partial charge in [0.25, 0.3) is 0 Å². The Hall–Kier alpha value is -1.32. The van der Waals surface area contributed by atoms with Gasteiger partial charge in [0.2, 0.25) is 4.77 Å². The number of aromatic nitrogens is 3. The zero-order valence-corrected chi connectivity index (χ0v) is 11.5. The molecule has 0 radical (unpaired) electrons. The first-order valence-electron chi connectivity index (χ1n) is 6.22. The van der Waals surface area contributed by atoms with E-state index in [0.29, 0.717) is 5.65 Å². The van der Waals surface area contributed by atoms with E-state index in [4.69, 9.17) is 22.1 Å². The van der Waals surface area contributed by atoms with E-state index in [1.807, 2.05) is 13.0 Å². The average molecular weight is 297 g/mol. The topological polar surface area (TPSA) is 104 Å². The van der Waals surface area contributed by atoms with Gasteiger partial charge >= 0.3 is 0 Å². The fourth-order valence-corrected chi connectivity index (χ4v) is 2.69. The van der Waals surface area contributed by atoms with Crippen molar-refractivity contribution in [3.8, 4) is 0 Å². The Labute approximate surface area is 119 Å². The molecule has 8 heteroatoms. The first kappa shape index (κ1) is 13.7. The number of hydrogen-bond donors (Lipinski definition) is 4. The third-order valence-electron chi connectivity index (χ3n) is 3.46. The molecule has 0 aliphatic carbocycles. The molecule has 0 bridgehead atoms. The molecule has 0 aromatic carbocycles. The summed E-state index contributed by atoms with van der Waals surface area (Å²) in [5.41, 5.74) is 1.61. The highest BCUT2D eigenvalue weighted by atomic mass is 32.1. The molecule has 0 saturated carbocycles. The Bertz CT molecular complexity index is 698. The van der Waals surface area contributed by atoms with Crippen molar-refractivity contribution < 1.29 is 20.1 Å². The molecule has 20 heavy (non-hydrogen) atoms. The summed E-state index contributed by atoms with van der Waals surface area (Å²) in [5, 5.41) is 29.8. The van der Waals surface area contributed by atoms with Crippen molar-refractivity contribution >= 4 is 23.3 Å². The number of nitrogens with one attached hydrogen (secondary N) is 1. The Morgan fingerprint density at radius 2 is 2.20 bits per heavy atom.